The molecular formula is C17H34N2. The van der Waals surface area contributed by atoms with Crippen LogP contribution in [0.1, 0.15) is 65.7 Å². The molecule has 0 radical (unpaired) electrons. The summed E-state index contributed by atoms with van der Waals surface area (Å²) in [5.41, 5.74) is 0.514. The third-order valence-corrected chi connectivity index (χ3v) is 4.97. The first-order chi connectivity index (χ1) is 9.05. The predicted molar refractivity (Wildman–Crippen MR) is 83.5 cm³/mol. The van der Waals surface area contributed by atoms with Crippen LogP contribution in [-0.2, 0) is 0 Å². The van der Waals surface area contributed by atoms with Gasteiger partial charge in [-0.15, -0.1) is 0 Å². The van der Waals surface area contributed by atoms with Gasteiger partial charge in [0.25, 0.3) is 0 Å². The van der Waals surface area contributed by atoms with Crippen molar-refractivity contribution in [2.24, 2.45) is 11.3 Å². The summed E-state index contributed by atoms with van der Waals surface area (Å²) in [5, 5.41) is 3.60. The average molecular weight is 266 g/mol. The number of hydrogen-bond acceptors (Lipinski definition) is 2. The fourth-order valence-corrected chi connectivity index (χ4v) is 3.25. The molecule has 0 aromatic carbocycles. The second-order valence-electron chi connectivity index (χ2n) is 7.77. The number of rotatable bonds is 7. The summed E-state index contributed by atoms with van der Waals surface area (Å²) in [6, 6.07) is 0.886. The van der Waals surface area contributed by atoms with Gasteiger partial charge in [-0.25, -0.2) is 0 Å². The number of piperidine rings is 1. The van der Waals surface area contributed by atoms with E-state index in [1.165, 1.54) is 71.1 Å². The van der Waals surface area contributed by atoms with E-state index in [9.17, 15) is 0 Å². The summed E-state index contributed by atoms with van der Waals surface area (Å²) in [5.74, 6) is 0.937. The molecule has 0 bridgehead atoms. The topological polar surface area (TPSA) is 15.3 Å². The van der Waals surface area contributed by atoms with Crippen molar-refractivity contribution < 1.29 is 0 Å². The van der Waals surface area contributed by atoms with Crippen molar-refractivity contribution >= 4 is 0 Å². The summed E-state index contributed by atoms with van der Waals surface area (Å²) in [4.78, 5) is 2.69. The molecule has 0 amide bonds. The Morgan fingerprint density at radius 3 is 2.21 bits per heavy atom. The van der Waals surface area contributed by atoms with E-state index in [0.717, 1.165) is 12.0 Å². The van der Waals surface area contributed by atoms with E-state index in [1.54, 1.807) is 0 Å². The molecule has 0 aromatic rings. The van der Waals surface area contributed by atoms with Crippen LogP contribution in [0.15, 0.2) is 0 Å². The molecule has 19 heavy (non-hydrogen) atoms. The standard InChI is InChI=1S/C17H34N2/c1-17(2,3)15-9-13-19(14-10-15)12-6-4-5-11-18-16-7-8-16/h15-16,18H,4-14H2,1-3H3. The number of unbranched alkanes of at least 4 members (excludes halogenated alkanes) is 2. The highest BCUT2D eigenvalue weighted by atomic mass is 15.1. The molecule has 0 atom stereocenters. The summed E-state index contributed by atoms with van der Waals surface area (Å²) in [6.07, 6.45) is 9.82. The van der Waals surface area contributed by atoms with Crippen LogP contribution in [-0.4, -0.2) is 37.1 Å². The Morgan fingerprint density at radius 2 is 1.63 bits per heavy atom. The van der Waals surface area contributed by atoms with Crippen LogP contribution in [0.2, 0.25) is 0 Å². The fraction of sp³-hybridized carbons (Fsp3) is 1.00. The monoisotopic (exact) mass is 266 g/mol. The highest BCUT2D eigenvalue weighted by Crippen LogP contribution is 2.34. The van der Waals surface area contributed by atoms with Crippen molar-refractivity contribution in [1.29, 1.82) is 0 Å². The third kappa shape index (κ3) is 5.83. The molecule has 2 nitrogen and oxygen atoms in total. The molecule has 1 aliphatic carbocycles. The van der Waals surface area contributed by atoms with Crippen molar-refractivity contribution in [2.75, 3.05) is 26.2 Å². The van der Waals surface area contributed by atoms with Crippen LogP contribution in [0.3, 0.4) is 0 Å². The van der Waals surface area contributed by atoms with E-state index in [-0.39, 0.29) is 0 Å². The smallest absolute Gasteiger partial charge is 0.00682 e. The molecule has 0 aromatic heterocycles. The van der Waals surface area contributed by atoms with E-state index in [1.807, 2.05) is 0 Å². The van der Waals surface area contributed by atoms with Crippen LogP contribution in [0.4, 0.5) is 0 Å². The van der Waals surface area contributed by atoms with Crippen molar-refractivity contribution in [2.45, 2.75) is 71.8 Å². The van der Waals surface area contributed by atoms with Gasteiger partial charge in [0.2, 0.25) is 0 Å². The zero-order chi connectivity index (χ0) is 13.7. The maximum absolute atomic E-state index is 3.60. The third-order valence-electron chi connectivity index (χ3n) is 4.97. The summed E-state index contributed by atoms with van der Waals surface area (Å²) in [7, 11) is 0. The van der Waals surface area contributed by atoms with Crippen LogP contribution in [0, 0.1) is 11.3 Å². The van der Waals surface area contributed by atoms with Gasteiger partial charge >= 0.3 is 0 Å². The summed E-state index contributed by atoms with van der Waals surface area (Å²) in [6.45, 7) is 12.5. The highest BCUT2D eigenvalue weighted by molar-refractivity contribution is 4.81. The lowest BCUT2D eigenvalue weighted by molar-refractivity contribution is 0.111. The minimum atomic E-state index is 0.514. The average Bonchev–Trinajstić information content (AvgIpc) is 3.17. The second kappa shape index (κ2) is 7.08. The Labute approximate surface area is 120 Å². The van der Waals surface area contributed by atoms with Gasteiger partial charge in [-0.3, -0.25) is 0 Å². The molecular weight excluding hydrogens is 232 g/mol. The highest BCUT2D eigenvalue weighted by Gasteiger charge is 2.28. The van der Waals surface area contributed by atoms with Crippen molar-refractivity contribution in [3.8, 4) is 0 Å². The molecule has 2 rings (SSSR count). The molecule has 1 saturated heterocycles. The number of nitrogens with zero attached hydrogens (tertiary/aromatic N) is 1. The Kier molecular flexibility index (Phi) is 5.70. The van der Waals surface area contributed by atoms with Gasteiger partial charge in [-0.1, -0.05) is 27.2 Å². The minimum Gasteiger partial charge on any atom is -0.314 e. The van der Waals surface area contributed by atoms with E-state index in [0.29, 0.717) is 5.41 Å². The summed E-state index contributed by atoms with van der Waals surface area (Å²) < 4.78 is 0. The lowest BCUT2D eigenvalue weighted by Crippen LogP contribution is -2.38. The number of nitrogens with one attached hydrogen (secondary N) is 1. The van der Waals surface area contributed by atoms with Gasteiger partial charge in [0.15, 0.2) is 0 Å². The van der Waals surface area contributed by atoms with E-state index in [4.69, 9.17) is 0 Å². The molecule has 1 saturated carbocycles. The van der Waals surface area contributed by atoms with Crippen LogP contribution in [0.25, 0.3) is 0 Å². The number of likely N-dealkylation sites (tertiary alicyclic amines) is 1. The molecule has 1 aliphatic heterocycles. The lowest BCUT2D eigenvalue weighted by Gasteiger charge is -2.38. The van der Waals surface area contributed by atoms with Crippen molar-refractivity contribution in [1.82, 2.24) is 10.2 Å². The first-order valence-electron chi connectivity index (χ1n) is 8.51. The molecule has 2 fully saturated rings. The zero-order valence-electron chi connectivity index (χ0n) is 13.4. The molecule has 112 valence electrons. The normalized spacial score (nSPS) is 22.9. The molecule has 0 spiro atoms. The van der Waals surface area contributed by atoms with Crippen LogP contribution in [0.5, 0.6) is 0 Å². The van der Waals surface area contributed by atoms with Crippen molar-refractivity contribution in [3.63, 3.8) is 0 Å². The largest absolute Gasteiger partial charge is 0.314 e. The Morgan fingerprint density at radius 1 is 0.947 bits per heavy atom. The SMILES string of the molecule is CC(C)(C)C1CCN(CCCCCNC2CC2)CC1. The maximum atomic E-state index is 3.60. The summed E-state index contributed by atoms with van der Waals surface area (Å²) >= 11 is 0. The van der Waals surface area contributed by atoms with Crippen molar-refractivity contribution in [3.05, 3.63) is 0 Å². The Hall–Kier alpha value is -0.0800. The van der Waals surface area contributed by atoms with Gasteiger partial charge in [-0.05, 0) is 76.0 Å². The van der Waals surface area contributed by atoms with E-state index in [2.05, 4.69) is 31.0 Å². The van der Waals surface area contributed by atoms with Crippen LogP contribution < -0.4 is 5.32 Å². The van der Waals surface area contributed by atoms with Gasteiger partial charge in [0.05, 0.1) is 0 Å². The Balaban J connectivity index is 1.46. The van der Waals surface area contributed by atoms with Crippen LogP contribution >= 0.6 is 0 Å². The zero-order valence-corrected chi connectivity index (χ0v) is 13.4. The molecule has 1 N–H and O–H groups in total. The molecule has 2 aliphatic rings. The molecule has 2 heteroatoms. The first-order valence-corrected chi connectivity index (χ1v) is 8.51. The minimum absolute atomic E-state index is 0.514. The van der Waals surface area contributed by atoms with E-state index >= 15 is 0 Å². The quantitative estimate of drug-likeness (QED) is 0.707. The first kappa shape index (κ1) is 15.3. The lowest BCUT2D eigenvalue weighted by atomic mass is 9.75. The van der Waals surface area contributed by atoms with Gasteiger partial charge in [0, 0.05) is 6.04 Å². The Bertz CT molecular complexity index is 244. The second-order valence-corrected chi connectivity index (χ2v) is 7.77. The maximum Gasteiger partial charge on any atom is 0.00682 e. The number of hydrogen-bond donors (Lipinski definition) is 1. The van der Waals surface area contributed by atoms with Gasteiger partial charge < -0.3 is 10.2 Å². The van der Waals surface area contributed by atoms with Gasteiger partial charge in [-0.2, -0.15) is 0 Å². The predicted octanol–water partition coefficient (Wildman–Crippen LogP) is 3.67. The van der Waals surface area contributed by atoms with Gasteiger partial charge in [0.1, 0.15) is 0 Å². The molecule has 0 unspecified atom stereocenters. The van der Waals surface area contributed by atoms with E-state index < -0.39 is 0 Å². The fourth-order valence-electron chi connectivity index (χ4n) is 3.25. The molecule has 1 heterocycles.